The molecule has 0 radical (unpaired) electrons. The third kappa shape index (κ3) is 2.54. The number of hydrogen-bond acceptors (Lipinski definition) is 4. The van der Waals surface area contributed by atoms with Gasteiger partial charge in [-0.25, -0.2) is 8.42 Å². The average Bonchev–Trinajstić information content (AvgIpc) is 2.15. The molecule has 16 heavy (non-hydrogen) atoms. The molecule has 1 unspecified atom stereocenters. The maximum atomic E-state index is 10.9. The zero-order chi connectivity index (χ0) is 11.8. The van der Waals surface area contributed by atoms with Crippen LogP contribution in [0.2, 0.25) is 0 Å². The fraction of sp³-hybridized carbons (Fsp3) is 0.455. The SMILES string of the molecule is CC(N)c1ccc(OC2CS(=O)(=O)C2)cc1. The molecular formula is C11H15NO3S. The number of hydrogen-bond donors (Lipinski definition) is 1. The molecule has 1 aromatic carbocycles. The molecule has 1 aliphatic rings. The van der Waals surface area contributed by atoms with Crippen molar-refractivity contribution in [2.45, 2.75) is 19.1 Å². The van der Waals surface area contributed by atoms with E-state index in [0.717, 1.165) is 5.56 Å². The number of sulfone groups is 1. The van der Waals surface area contributed by atoms with Gasteiger partial charge in [0, 0.05) is 6.04 Å². The third-order valence-corrected chi connectivity index (χ3v) is 4.35. The highest BCUT2D eigenvalue weighted by Gasteiger charge is 2.35. The molecule has 1 aliphatic heterocycles. The first kappa shape index (κ1) is 11.4. The number of nitrogens with two attached hydrogens (primary N) is 1. The molecule has 1 heterocycles. The Morgan fingerprint density at radius 2 is 1.88 bits per heavy atom. The largest absolute Gasteiger partial charge is 0.488 e. The van der Waals surface area contributed by atoms with Crippen LogP contribution < -0.4 is 10.5 Å². The highest BCUT2D eigenvalue weighted by Crippen LogP contribution is 2.21. The van der Waals surface area contributed by atoms with Crippen LogP contribution in [-0.4, -0.2) is 26.0 Å². The molecule has 1 saturated heterocycles. The highest BCUT2D eigenvalue weighted by atomic mass is 32.2. The summed E-state index contributed by atoms with van der Waals surface area (Å²) in [7, 11) is -2.82. The van der Waals surface area contributed by atoms with E-state index in [9.17, 15) is 8.42 Å². The van der Waals surface area contributed by atoms with Crippen molar-refractivity contribution in [1.29, 1.82) is 0 Å². The lowest BCUT2D eigenvalue weighted by Crippen LogP contribution is -2.45. The van der Waals surface area contributed by atoms with Crippen molar-refractivity contribution in [3.05, 3.63) is 29.8 Å². The molecule has 0 spiro atoms. The normalized spacial score (nSPS) is 21.1. The van der Waals surface area contributed by atoms with Crippen LogP contribution in [-0.2, 0) is 9.84 Å². The second-order valence-electron chi connectivity index (χ2n) is 4.17. The molecule has 1 fully saturated rings. The van der Waals surface area contributed by atoms with Gasteiger partial charge in [-0.1, -0.05) is 12.1 Å². The monoisotopic (exact) mass is 241 g/mol. The molecule has 0 aromatic heterocycles. The average molecular weight is 241 g/mol. The van der Waals surface area contributed by atoms with Gasteiger partial charge in [0.05, 0.1) is 11.5 Å². The Bertz CT molecular complexity index is 453. The van der Waals surface area contributed by atoms with Gasteiger partial charge in [-0.05, 0) is 24.6 Å². The minimum absolute atomic E-state index is 0.00173. The van der Waals surface area contributed by atoms with Crippen LogP contribution >= 0.6 is 0 Å². The van der Waals surface area contributed by atoms with Crippen molar-refractivity contribution < 1.29 is 13.2 Å². The minimum atomic E-state index is -2.82. The zero-order valence-corrected chi connectivity index (χ0v) is 9.91. The van der Waals surface area contributed by atoms with E-state index >= 15 is 0 Å². The van der Waals surface area contributed by atoms with Crippen molar-refractivity contribution in [3.8, 4) is 5.75 Å². The van der Waals surface area contributed by atoms with Crippen LogP contribution in [0.3, 0.4) is 0 Å². The van der Waals surface area contributed by atoms with E-state index in [1.165, 1.54) is 0 Å². The standard InChI is InChI=1S/C11H15NO3S/c1-8(12)9-2-4-10(5-3-9)15-11-6-16(13,14)7-11/h2-5,8,11H,6-7,12H2,1H3. The molecule has 0 amide bonds. The van der Waals surface area contributed by atoms with Crippen molar-refractivity contribution in [2.75, 3.05) is 11.5 Å². The first-order valence-electron chi connectivity index (χ1n) is 5.19. The van der Waals surface area contributed by atoms with Gasteiger partial charge in [-0.3, -0.25) is 0 Å². The Balaban J connectivity index is 1.96. The summed E-state index contributed by atoms with van der Waals surface area (Å²) in [6.45, 7) is 1.91. The smallest absolute Gasteiger partial charge is 0.157 e. The van der Waals surface area contributed by atoms with Crippen LogP contribution in [0, 0.1) is 0 Å². The summed E-state index contributed by atoms with van der Waals surface area (Å²) in [4.78, 5) is 0. The molecule has 0 saturated carbocycles. The fourth-order valence-electron chi connectivity index (χ4n) is 1.63. The second kappa shape index (κ2) is 4.07. The van der Waals surface area contributed by atoms with Gasteiger partial charge in [0.15, 0.2) is 9.84 Å². The first-order chi connectivity index (χ1) is 7.46. The maximum absolute atomic E-state index is 10.9. The van der Waals surface area contributed by atoms with Gasteiger partial charge in [-0.15, -0.1) is 0 Å². The Morgan fingerprint density at radius 3 is 2.31 bits per heavy atom. The Hall–Kier alpha value is -1.07. The van der Waals surface area contributed by atoms with Crippen molar-refractivity contribution in [2.24, 2.45) is 5.73 Å². The topological polar surface area (TPSA) is 69.4 Å². The quantitative estimate of drug-likeness (QED) is 0.853. The van der Waals surface area contributed by atoms with E-state index in [1.807, 2.05) is 31.2 Å². The van der Waals surface area contributed by atoms with Gasteiger partial charge in [0.25, 0.3) is 0 Å². The van der Waals surface area contributed by atoms with Gasteiger partial charge in [0.2, 0.25) is 0 Å². The molecular weight excluding hydrogens is 226 g/mol. The van der Waals surface area contributed by atoms with Crippen LogP contribution in [0.1, 0.15) is 18.5 Å². The van der Waals surface area contributed by atoms with Crippen molar-refractivity contribution >= 4 is 9.84 Å². The molecule has 0 aliphatic carbocycles. The molecule has 1 aromatic rings. The molecule has 2 N–H and O–H groups in total. The Morgan fingerprint density at radius 1 is 1.31 bits per heavy atom. The van der Waals surface area contributed by atoms with E-state index in [-0.39, 0.29) is 23.7 Å². The zero-order valence-electron chi connectivity index (χ0n) is 9.09. The van der Waals surface area contributed by atoms with E-state index in [4.69, 9.17) is 10.5 Å². The van der Waals surface area contributed by atoms with Crippen molar-refractivity contribution in [1.82, 2.24) is 0 Å². The van der Waals surface area contributed by atoms with E-state index in [2.05, 4.69) is 0 Å². The predicted molar refractivity (Wildman–Crippen MR) is 62.1 cm³/mol. The first-order valence-corrected chi connectivity index (χ1v) is 7.01. The summed E-state index contributed by atoms with van der Waals surface area (Å²) in [5, 5.41) is 0. The van der Waals surface area contributed by atoms with Gasteiger partial charge >= 0.3 is 0 Å². The fourth-order valence-corrected chi connectivity index (χ4v) is 2.80. The summed E-state index contributed by atoms with van der Waals surface area (Å²) in [6, 6.07) is 7.44. The second-order valence-corrected chi connectivity index (χ2v) is 6.33. The van der Waals surface area contributed by atoms with Crippen molar-refractivity contribution in [3.63, 3.8) is 0 Å². The Labute approximate surface area is 95.3 Å². The predicted octanol–water partition coefficient (Wildman–Crippen LogP) is 0.882. The van der Waals surface area contributed by atoms with Crippen LogP contribution in [0.15, 0.2) is 24.3 Å². The summed E-state index contributed by atoms with van der Waals surface area (Å²) in [5.41, 5.74) is 6.75. The van der Waals surface area contributed by atoms with Gasteiger partial charge in [0.1, 0.15) is 11.9 Å². The lowest BCUT2D eigenvalue weighted by molar-refractivity contribution is 0.230. The number of ether oxygens (including phenoxy) is 1. The lowest BCUT2D eigenvalue weighted by atomic mass is 10.1. The number of benzene rings is 1. The van der Waals surface area contributed by atoms with Gasteiger partial charge < -0.3 is 10.5 Å². The molecule has 88 valence electrons. The van der Waals surface area contributed by atoms with Gasteiger partial charge in [-0.2, -0.15) is 0 Å². The van der Waals surface area contributed by atoms with E-state index in [1.54, 1.807) is 0 Å². The maximum Gasteiger partial charge on any atom is 0.157 e. The lowest BCUT2D eigenvalue weighted by Gasteiger charge is -2.26. The molecule has 4 nitrogen and oxygen atoms in total. The number of rotatable bonds is 3. The summed E-state index contributed by atoms with van der Waals surface area (Å²) in [5.74, 6) is 0.952. The van der Waals surface area contributed by atoms with E-state index in [0.29, 0.717) is 5.75 Å². The van der Waals surface area contributed by atoms with E-state index < -0.39 is 9.84 Å². The minimum Gasteiger partial charge on any atom is -0.488 e. The third-order valence-electron chi connectivity index (χ3n) is 2.59. The molecule has 2 rings (SSSR count). The molecule has 0 bridgehead atoms. The highest BCUT2D eigenvalue weighted by molar-refractivity contribution is 7.92. The Kier molecular flexibility index (Phi) is 2.90. The van der Waals surface area contributed by atoms with Crippen LogP contribution in [0.4, 0.5) is 0 Å². The van der Waals surface area contributed by atoms with Crippen LogP contribution in [0.5, 0.6) is 5.75 Å². The van der Waals surface area contributed by atoms with Crippen LogP contribution in [0.25, 0.3) is 0 Å². The molecule has 5 heteroatoms. The summed E-state index contributed by atoms with van der Waals surface area (Å²) < 4.78 is 27.4. The summed E-state index contributed by atoms with van der Waals surface area (Å²) in [6.07, 6.45) is -0.189. The molecule has 1 atom stereocenters. The summed E-state index contributed by atoms with van der Waals surface area (Å²) >= 11 is 0.